The molecule has 2 heterocycles. The maximum absolute atomic E-state index is 4.69. The van der Waals surface area contributed by atoms with Crippen molar-refractivity contribution in [3.63, 3.8) is 0 Å². The zero-order valence-electron chi connectivity index (χ0n) is 13.8. The van der Waals surface area contributed by atoms with Gasteiger partial charge in [-0.25, -0.2) is 9.98 Å². The number of hydrogen-bond acceptors (Lipinski definition) is 4. The van der Waals surface area contributed by atoms with Gasteiger partial charge in [0, 0.05) is 42.3 Å². The molecule has 1 aliphatic carbocycles. The highest BCUT2D eigenvalue weighted by molar-refractivity contribution is 7.11. The van der Waals surface area contributed by atoms with Crippen LogP contribution < -0.4 is 10.6 Å². The summed E-state index contributed by atoms with van der Waals surface area (Å²) in [7, 11) is 0. The molecule has 2 fully saturated rings. The maximum Gasteiger partial charge on any atom is 0.191 e. The van der Waals surface area contributed by atoms with Crippen molar-refractivity contribution in [2.24, 2.45) is 4.99 Å². The standard InChI is InChI=1S/C16H27N5S/c1-4-17-16(19-9-15-18-8-12(3)22-15)20-13-7-11(2)21(10-13)14-5-6-14/h8,11,13-14H,4-7,9-10H2,1-3H3,(H2,17,19,20). The van der Waals surface area contributed by atoms with E-state index in [1.165, 1.54) is 24.1 Å². The van der Waals surface area contributed by atoms with Gasteiger partial charge in [0.2, 0.25) is 0 Å². The van der Waals surface area contributed by atoms with E-state index in [9.17, 15) is 0 Å². The minimum atomic E-state index is 0.506. The van der Waals surface area contributed by atoms with Gasteiger partial charge in [-0.15, -0.1) is 11.3 Å². The Bertz CT molecular complexity index is 522. The lowest BCUT2D eigenvalue weighted by Gasteiger charge is -2.20. The van der Waals surface area contributed by atoms with Gasteiger partial charge in [0.25, 0.3) is 0 Å². The van der Waals surface area contributed by atoms with Crippen molar-refractivity contribution < 1.29 is 0 Å². The van der Waals surface area contributed by atoms with Crippen LogP contribution >= 0.6 is 11.3 Å². The van der Waals surface area contributed by atoms with E-state index in [4.69, 9.17) is 4.99 Å². The second-order valence-electron chi connectivity index (χ2n) is 6.41. The molecule has 1 aromatic heterocycles. The highest BCUT2D eigenvalue weighted by Gasteiger charge is 2.38. The van der Waals surface area contributed by atoms with E-state index in [2.05, 4.69) is 41.3 Å². The fraction of sp³-hybridized carbons (Fsp3) is 0.750. The Morgan fingerprint density at radius 1 is 1.50 bits per heavy atom. The summed E-state index contributed by atoms with van der Waals surface area (Å²) in [6.45, 7) is 9.23. The molecular formula is C16H27N5S. The van der Waals surface area contributed by atoms with Gasteiger partial charge in [-0.3, -0.25) is 4.90 Å². The van der Waals surface area contributed by atoms with Gasteiger partial charge in [-0.05, 0) is 40.0 Å². The lowest BCUT2D eigenvalue weighted by molar-refractivity contribution is 0.256. The number of rotatable bonds is 5. The fourth-order valence-electron chi connectivity index (χ4n) is 3.21. The summed E-state index contributed by atoms with van der Waals surface area (Å²) in [6.07, 6.45) is 5.89. The van der Waals surface area contributed by atoms with Crippen LogP contribution in [0.5, 0.6) is 0 Å². The van der Waals surface area contributed by atoms with Gasteiger partial charge in [-0.2, -0.15) is 0 Å². The molecule has 0 aromatic carbocycles. The molecule has 22 heavy (non-hydrogen) atoms. The number of nitrogens with zero attached hydrogens (tertiary/aromatic N) is 3. The first-order chi connectivity index (χ1) is 10.7. The number of nitrogens with one attached hydrogen (secondary N) is 2. The van der Waals surface area contributed by atoms with Crippen LogP contribution in [0.2, 0.25) is 0 Å². The summed E-state index contributed by atoms with van der Waals surface area (Å²) in [5.41, 5.74) is 0. The molecule has 0 spiro atoms. The number of thiazole rings is 1. The molecule has 122 valence electrons. The zero-order chi connectivity index (χ0) is 15.5. The van der Waals surface area contributed by atoms with Crippen LogP contribution in [0, 0.1) is 6.92 Å². The number of aromatic nitrogens is 1. The summed E-state index contributed by atoms with van der Waals surface area (Å²) in [5.74, 6) is 0.921. The van der Waals surface area contributed by atoms with Crippen LogP contribution in [-0.2, 0) is 6.54 Å². The van der Waals surface area contributed by atoms with Gasteiger partial charge in [0.1, 0.15) is 5.01 Å². The Kier molecular flexibility index (Phi) is 4.98. The van der Waals surface area contributed by atoms with Gasteiger partial charge < -0.3 is 10.6 Å². The maximum atomic E-state index is 4.69. The minimum Gasteiger partial charge on any atom is -0.357 e. The Morgan fingerprint density at radius 3 is 2.95 bits per heavy atom. The Labute approximate surface area is 137 Å². The number of hydrogen-bond donors (Lipinski definition) is 2. The third-order valence-electron chi connectivity index (χ3n) is 4.37. The molecule has 2 aliphatic rings. The van der Waals surface area contributed by atoms with Gasteiger partial charge in [0.15, 0.2) is 5.96 Å². The van der Waals surface area contributed by atoms with Crippen molar-refractivity contribution in [1.82, 2.24) is 20.5 Å². The van der Waals surface area contributed by atoms with Gasteiger partial charge >= 0.3 is 0 Å². The van der Waals surface area contributed by atoms with E-state index in [0.717, 1.165) is 30.1 Å². The van der Waals surface area contributed by atoms with Crippen molar-refractivity contribution in [3.05, 3.63) is 16.1 Å². The molecule has 0 bridgehead atoms. The molecule has 2 N–H and O–H groups in total. The molecule has 6 heteroatoms. The number of likely N-dealkylation sites (tertiary alicyclic amines) is 1. The van der Waals surface area contributed by atoms with Crippen LogP contribution in [0.1, 0.15) is 43.0 Å². The molecule has 0 amide bonds. The highest BCUT2D eigenvalue weighted by Crippen LogP contribution is 2.33. The largest absolute Gasteiger partial charge is 0.357 e. The monoisotopic (exact) mass is 321 g/mol. The average molecular weight is 321 g/mol. The van der Waals surface area contributed by atoms with Crippen LogP contribution in [0.3, 0.4) is 0 Å². The Balaban J connectivity index is 1.56. The van der Waals surface area contributed by atoms with Gasteiger partial charge in [-0.1, -0.05) is 0 Å². The molecule has 0 radical (unpaired) electrons. The number of guanidine groups is 1. The number of aryl methyl sites for hydroxylation is 1. The second kappa shape index (κ2) is 6.96. The van der Waals surface area contributed by atoms with E-state index in [1.807, 2.05) is 6.20 Å². The van der Waals surface area contributed by atoms with Crippen LogP contribution in [0.25, 0.3) is 0 Å². The molecule has 3 rings (SSSR count). The van der Waals surface area contributed by atoms with E-state index >= 15 is 0 Å². The average Bonchev–Trinajstić information content (AvgIpc) is 3.14. The van der Waals surface area contributed by atoms with Crippen molar-refractivity contribution in [3.8, 4) is 0 Å². The van der Waals surface area contributed by atoms with E-state index in [0.29, 0.717) is 18.6 Å². The molecule has 1 saturated carbocycles. The first-order valence-corrected chi connectivity index (χ1v) is 9.19. The third-order valence-corrected chi connectivity index (χ3v) is 5.26. The Morgan fingerprint density at radius 2 is 2.32 bits per heavy atom. The fourth-order valence-corrected chi connectivity index (χ4v) is 3.92. The minimum absolute atomic E-state index is 0.506. The zero-order valence-corrected chi connectivity index (χ0v) is 14.6. The summed E-state index contributed by atoms with van der Waals surface area (Å²) >= 11 is 1.72. The molecule has 1 aromatic rings. The van der Waals surface area contributed by atoms with Crippen molar-refractivity contribution in [2.45, 2.75) is 64.7 Å². The van der Waals surface area contributed by atoms with Crippen LogP contribution in [-0.4, -0.2) is 47.1 Å². The van der Waals surface area contributed by atoms with E-state index in [1.54, 1.807) is 11.3 Å². The number of aliphatic imine (C=N–C) groups is 1. The normalized spacial score (nSPS) is 26.4. The molecule has 2 unspecified atom stereocenters. The lowest BCUT2D eigenvalue weighted by Crippen LogP contribution is -2.44. The lowest BCUT2D eigenvalue weighted by atomic mass is 10.2. The summed E-state index contributed by atoms with van der Waals surface area (Å²) < 4.78 is 0. The topological polar surface area (TPSA) is 52.6 Å². The van der Waals surface area contributed by atoms with Crippen molar-refractivity contribution >= 4 is 17.3 Å². The summed E-state index contributed by atoms with van der Waals surface area (Å²) in [6, 6.07) is 2.04. The highest BCUT2D eigenvalue weighted by atomic mass is 32.1. The first kappa shape index (κ1) is 15.7. The first-order valence-electron chi connectivity index (χ1n) is 8.37. The van der Waals surface area contributed by atoms with E-state index < -0.39 is 0 Å². The third kappa shape index (κ3) is 3.98. The van der Waals surface area contributed by atoms with Crippen molar-refractivity contribution in [1.29, 1.82) is 0 Å². The quantitative estimate of drug-likeness (QED) is 0.644. The van der Waals surface area contributed by atoms with Crippen LogP contribution in [0.4, 0.5) is 0 Å². The van der Waals surface area contributed by atoms with E-state index in [-0.39, 0.29) is 0 Å². The molecular weight excluding hydrogens is 294 g/mol. The molecule has 2 atom stereocenters. The summed E-state index contributed by atoms with van der Waals surface area (Å²) in [5, 5.41) is 8.05. The predicted octanol–water partition coefficient (Wildman–Crippen LogP) is 2.13. The van der Waals surface area contributed by atoms with Crippen LogP contribution in [0.15, 0.2) is 11.2 Å². The van der Waals surface area contributed by atoms with Gasteiger partial charge in [0.05, 0.1) is 6.54 Å². The predicted molar refractivity (Wildman–Crippen MR) is 92.4 cm³/mol. The molecule has 1 saturated heterocycles. The summed E-state index contributed by atoms with van der Waals surface area (Å²) in [4.78, 5) is 13.0. The Hall–Kier alpha value is -1.14. The molecule has 5 nitrogen and oxygen atoms in total. The SMILES string of the molecule is CCNC(=NCc1ncc(C)s1)NC1CC(C)N(C2CC2)C1. The molecule has 1 aliphatic heterocycles. The smallest absolute Gasteiger partial charge is 0.191 e. The second-order valence-corrected chi connectivity index (χ2v) is 7.73. The van der Waals surface area contributed by atoms with Crippen molar-refractivity contribution in [2.75, 3.05) is 13.1 Å².